The van der Waals surface area contributed by atoms with Crippen LogP contribution in [-0.2, 0) is 32.6 Å². The first-order valence-electron chi connectivity index (χ1n) is 13.3. The molecule has 0 radical (unpaired) electrons. The van der Waals surface area contributed by atoms with Gasteiger partial charge in [0, 0.05) is 32.5 Å². The van der Waals surface area contributed by atoms with Crippen LogP contribution in [0.15, 0.2) is 91.0 Å². The molecule has 39 heavy (non-hydrogen) atoms. The Kier molecular flexibility index (Phi) is 11.1. The average molecular weight is 550 g/mol. The molecule has 0 heterocycles. The van der Waals surface area contributed by atoms with Gasteiger partial charge in [-0.2, -0.15) is 0 Å². The quantitative estimate of drug-likeness (QED) is 0.317. The van der Waals surface area contributed by atoms with Gasteiger partial charge in [-0.1, -0.05) is 92.7 Å². The summed E-state index contributed by atoms with van der Waals surface area (Å²) in [6, 6.07) is 27.4. The van der Waals surface area contributed by atoms with E-state index >= 15 is 0 Å². The predicted octanol–water partition coefficient (Wildman–Crippen LogP) is 4.65. The minimum atomic E-state index is -3.53. The van der Waals surface area contributed by atoms with Gasteiger partial charge < -0.3 is 10.2 Å². The first kappa shape index (κ1) is 29.9. The molecule has 1 N–H and O–H groups in total. The van der Waals surface area contributed by atoms with Crippen molar-refractivity contribution in [1.82, 2.24) is 10.2 Å². The van der Waals surface area contributed by atoms with Gasteiger partial charge in [0.15, 0.2) is 0 Å². The molecule has 0 saturated heterocycles. The monoisotopic (exact) mass is 549 g/mol. The summed E-state index contributed by atoms with van der Waals surface area (Å²) in [7, 11) is -3.53. The maximum atomic E-state index is 13.8. The van der Waals surface area contributed by atoms with Gasteiger partial charge in [-0.05, 0) is 35.6 Å². The Balaban J connectivity index is 1.84. The van der Waals surface area contributed by atoms with Crippen molar-refractivity contribution >= 4 is 27.5 Å². The van der Waals surface area contributed by atoms with Gasteiger partial charge in [0.2, 0.25) is 21.8 Å². The highest BCUT2D eigenvalue weighted by Crippen LogP contribution is 2.20. The van der Waals surface area contributed by atoms with Crippen LogP contribution in [0, 0.1) is 5.92 Å². The van der Waals surface area contributed by atoms with Gasteiger partial charge in [0.25, 0.3) is 0 Å². The molecule has 8 heteroatoms. The van der Waals surface area contributed by atoms with E-state index in [4.69, 9.17) is 0 Å². The van der Waals surface area contributed by atoms with Crippen LogP contribution >= 0.6 is 0 Å². The molecule has 0 aliphatic rings. The van der Waals surface area contributed by atoms with Crippen molar-refractivity contribution in [3.63, 3.8) is 0 Å². The van der Waals surface area contributed by atoms with E-state index in [9.17, 15) is 18.0 Å². The summed E-state index contributed by atoms with van der Waals surface area (Å²) in [5.74, 6) is -0.121. The number of hydrogen-bond acceptors (Lipinski definition) is 4. The van der Waals surface area contributed by atoms with Gasteiger partial charge in [-0.25, -0.2) is 8.42 Å². The summed E-state index contributed by atoms with van der Waals surface area (Å²) in [6.45, 7) is 5.01. The Morgan fingerprint density at radius 2 is 1.36 bits per heavy atom. The number of amides is 2. The van der Waals surface area contributed by atoms with Crippen LogP contribution in [0.4, 0.5) is 5.69 Å². The Hall–Kier alpha value is -3.65. The van der Waals surface area contributed by atoms with Gasteiger partial charge in [-0.15, -0.1) is 0 Å². The molecule has 3 aromatic rings. The number of nitrogens with zero attached hydrogens (tertiary/aromatic N) is 2. The molecule has 208 valence electrons. The number of para-hydroxylation sites is 1. The molecule has 1 atom stereocenters. The molecular weight excluding hydrogens is 510 g/mol. The van der Waals surface area contributed by atoms with E-state index in [0.29, 0.717) is 25.1 Å². The maximum absolute atomic E-state index is 13.8. The number of benzene rings is 3. The summed E-state index contributed by atoms with van der Waals surface area (Å²) in [5, 5.41) is 3.02. The Labute approximate surface area is 232 Å². The highest BCUT2D eigenvalue weighted by Gasteiger charge is 2.30. The summed E-state index contributed by atoms with van der Waals surface area (Å²) in [6.07, 6.45) is 1.97. The highest BCUT2D eigenvalue weighted by molar-refractivity contribution is 7.92. The fourth-order valence-electron chi connectivity index (χ4n) is 4.35. The van der Waals surface area contributed by atoms with Crippen molar-refractivity contribution in [1.29, 1.82) is 0 Å². The van der Waals surface area contributed by atoms with Crippen molar-refractivity contribution in [3.05, 3.63) is 102 Å². The minimum absolute atomic E-state index is 0.106. The van der Waals surface area contributed by atoms with E-state index in [2.05, 4.69) is 5.32 Å². The normalized spacial score (nSPS) is 12.1. The number of hydrogen-bond donors (Lipinski definition) is 1. The lowest BCUT2D eigenvalue weighted by molar-refractivity contribution is -0.141. The van der Waals surface area contributed by atoms with Crippen molar-refractivity contribution in [3.8, 4) is 0 Å². The number of carbonyl (C=O) groups is 2. The zero-order chi connectivity index (χ0) is 28.3. The average Bonchev–Trinajstić information content (AvgIpc) is 2.92. The Bertz CT molecular complexity index is 1280. The molecule has 1 unspecified atom stereocenters. The molecule has 7 nitrogen and oxygen atoms in total. The van der Waals surface area contributed by atoms with Gasteiger partial charge in [0.05, 0.1) is 11.9 Å². The molecule has 0 bridgehead atoms. The fraction of sp³-hybridized carbons (Fsp3) is 0.355. The highest BCUT2D eigenvalue weighted by atomic mass is 32.2. The largest absolute Gasteiger partial charge is 0.354 e. The van der Waals surface area contributed by atoms with Crippen molar-refractivity contribution in [2.75, 3.05) is 23.7 Å². The van der Waals surface area contributed by atoms with Crippen LogP contribution < -0.4 is 9.62 Å². The van der Waals surface area contributed by atoms with Gasteiger partial charge in [0.1, 0.15) is 6.04 Å². The SMILES string of the molecule is CC(C)CNC(=O)C(Cc1ccccc1)N(Cc1ccccc1)C(=O)CCCN(c1ccccc1)S(C)(=O)=O. The zero-order valence-corrected chi connectivity index (χ0v) is 23.8. The first-order chi connectivity index (χ1) is 18.6. The summed E-state index contributed by atoms with van der Waals surface area (Å²) in [4.78, 5) is 28.9. The number of nitrogens with one attached hydrogen (secondary N) is 1. The minimum Gasteiger partial charge on any atom is -0.354 e. The van der Waals surface area contributed by atoms with E-state index in [1.165, 1.54) is 10.6 Å². The van der Waals surface area contributed by atoms with Crippen LogP contribution in [0.1, 0.15) is 37.8 Å². The van der Waals surface area contributed by atoms with Crippen LogP contribution in [0.3, 0.4) is 0 Å². The standard InChI is InChI=1S/C31H39N3O4S/c1-25(2)23-32-31(36)29(22-26-14-7-4-8-15-26)33(24-27-16-9-5-10-17-27)30(35)20-13-21-34(39(3,37)38)28-18-11-6-12-19-28/h4-12,14-19,25,29H,13,20-24H2,1-3H3,(H,32,36). The lowest BCUT2D eigenvalue weighted by Gasteiger charge is -2.32. The summed E-state index contributed by atoms with van der Waals surface area (Å²) in [5.41, 5.74) is 2.44. The lowest BCUT2D eigenvalue weighted by atomic mass is 10.0. The maximum Gasteiger partial charge on any atom is 0.243 e. The molecule has 0 saturated carbocycles. The molecule has 0 aliphatic carbocycles. The molecule has 3 aromatic carbocycles. The third-order valence-electron chi connectivity index (χ3n) is 6.35. The second kappa shape index (κ2) is 14.5. The van der Waals surface area contributed by atoms with E-state index in [-0.39, 0.29) is 37.2 Å². The molecule has 0 aromatic heterocycles. The number of carbonyl (C=O) groups excluding carboxylic acids is 2. The molecular formula is C31H39N3O4S. The summed E-state index contributed by atoms with van der Waals surface area (Å²) >= 11 is 0. The van der Waals surface area contributed by atoms with Crippen LogP contribution in [-0.4, -0.2) is 50.5 Å². The first-order valence-corrected chi connectivity index (χ1v) is 15.2. The Morgan fingerprint density at radius 1 is 0.821 bits per heavy atom. The van der Waals surface area contributed by atoms with Gasteiger partial charge in [-0.3, -0.25) is 13.9 Å². The van der Waals surface area contributed by atoms with Crippen molar-refractivity contribution in [2.45, 2.75) is 45.7 Å². The predicted molar refractivity (Wildman–Crippen MR) is 157 cm³/mol. The van der Waals surface area contributed by atoms with Crippen molar-refractivity contribution < 1.29 is 18.0 Å². The van der Waals surface area contributed by atoms with Crippen LogP contribution in [0.2, 0.25) is 0 Å². The third-order valence-corrected chi connectivity index (χ3v) is 7.54. The second-order valence-electron chi connectivity index (χ2n) is 10.1. The number of sulfonamides is 1. The van der Waals surface area contributed by atoms with E-state index < -0.39 is 16.1 Å². The smallest absolute Gasteiger partial charge is 0.243 e. The molecule has 0 fully saturated rings. The Morgan fingerprint density at radius 3 is 1.90 bits per heavy atom. The number of anilines is 1. The van der Waals surface area contributed by atoms with Crippen LogP contribution in [0.25, 0.3) is 0 Å². The van der Waals surface area contributed by atoms with E-state index in [1.54, 1.807) is 29.2 Å². The number of rotatable bonds is 14. The molecule has 0 aliphatic heterocycles. The fourth-order valence-corrected chi connectivity index (χ4v) is 5.32. The summed E-state index contributed by atoms with van der Waals surface area (Å²) < 4.78 is 26.3. The molecule has 0 spiro atoms. The second-order valence-corrected chi connectivity index (χ2v) is 12.0. The van der Waals surface area contributed by atoms with E-state index in [0.717, 1.165) is 11.1 Å². The van der Waals surface area contributed by atoms with Gasteiger partial charge >= 0.3 is 0 Å². The van der Waals surface area contributed by atoms with E-state index in [1.807, 2.05) is 80.6 Å². The van der Waals surface area contributed by atoms with Crippen molar-refractivity contribution in [2.24, 2.45) is 5.92 Å². The molecule has 2 amide bonds. The molecule has 3 rings (SSSR count). The lowest BCUT2D eigenvalue weighted by Crippen LogP contribution is -2.51. The zero-order valence-electron chi connectivity index (χ0n) is 23.0. The third kappa shape index (κ3) is 9.55. The topological polar surface area (TPSA) is 86.8 Å². The van der Waals surface area contributed by atoms with Crippen LogP contribution in [0.5, 0.6) is 0 Å².